The van der Waals surface area contributed by atoms with Gasteiger partial charge in [-0.1, -0.05) is 0 Å². The molecule has 1 aromatic heterocycles. The number of amides is 3. The summed E-state index contributed by atoms with van der Waals surface area (Å²) in [5.41, 5.74) is 2.33. The Kier molecular flexibility index (Phi) is 5.73. The minimum absolute atomic E-state index is 0.0651. The molecule has 0 spiro atoms. The van der Waals surface area contributed by atoms with Crippen LogP contribution in [-0.4, -0.2) is 64.3 Å². The molecule has 3 rings (SSSR count). The van der Waals surface area contributed by atoms with Crippen LogP contribution in [0.15, 0.2) is 10.9 Å². The molecule has 0 saturated carbocycles. The Morgan fingerprint density at radius 1 is 1.48 bits per heavy atom. The van der Waals surface area contributed by atoms with Crippen LogP contribution in [0.25, 0.3) is 0 Å². The third kappa shape index (κ3) is 4.26. The van der Waals surface area contributed by atoms with E-state index in [-0.39, 0.29) is 18.1 Å². The Balaban J connectivity index is 1.76. The van der Waals surface area contributed by atoms with Crippen molar-refractivity contribution in [1.29, 1.82) is 0 Å². The van der Waals surface area contributed by atoms with Gasteiger partial charge in [0.25, 0.3) is 0 Å². The lowest BCUT2D eigenvalue weighted by Gasteiger charge is -2.28. The van der Waals surface area contributed by atoms with Crippen molar-refractivity contribution < 1.29 is 23.9 Å². The number of likely N-dealkylation sites (tertiary alicyclic amines) is 1. The van der Waals surface area contributed by atoms with Gasteiger partial charge in [-0.15, -0.1) is 11.3 Å². The molecule has 10 heteroatoms. The summed E-state index contributed by atoms with van der Waals surface area (Å²) >= 11 is 1.40. The number of ketones is 1. The van der Waals surface area contributed by atoms with Crippen molar-refractivity contribution in [1.82, 2.24) is 20.5 Å². The molecule has 4 unspecified atom stereocenters. The molecule has 3 amide bonds. The maximum absolute atomic E-state index is 13.1. The lowest BCUT2D eigenvalue weighted by molar-refractivity contribution is -0.140. The number of aromatic nitrogens is 1. The first-order chi connectivity index (χ1) is 12.9. The molecule has 1 aromatic rings. The summed E-state index contributed by atoms with van der Waals surface area (Å²) < 4.78 is 4.93. The van der Waals surface area contributed by atoms with Crippen molar-refractivity contribution in [3.05, 3.63) is 16.6 Å². The molecule has 2 aliphatic rings. The second-order valence-electron chi connectivity index (χ2n) is 6.78. The van der Waals surface area contributed by atoms with Gasteiger partial charge in [-0.3, -0.25) is 14.4 Å². The summed E-state index contributed by atoms with van der Waals surface area (Å²) in [7, 11) is 0. The molecule has 0 bridgehead atoms. The number of rotatable bonds is 6. The van der Waals surface area contributed by atoms with Crippen LogP contribution < -0.4 is 10.6 Å². The second-order valence-corrected chi connectivity index (χ2v) is 7.50. The standard InChI is InChI=1S/C17H22N4O5S/c1-9(22)13-4-3-5-21(13)16(24)12(6-11-7-27-8-18-11)19-15(23)14-10(2)26-17(25)20-14/h7-8,10,12-14H,3-6H2,1-2H3,(H,19,23)(H,20,25). The van der Waals surface area contributed by atoms with E-state index in [1.807, 2.05) is 5.38 Å². The fraction of sp³-hybridized carbons (Fsp3) is 0.588. The number of thiazole rings is 1. The average molecular weight is 394 g/mol. The van der Waals surface area contributed by atoms with Gasteiger partial charge in [0.05, 0.1) is 17.2 Å². The molecular weight excluding hydrogens is 372 g/mol. The van der Waals surface area contributed by atoms with Crippen LogP contribution in [0.4, 0.5) is 4.79 Å². The quantitative estimate of drug-likeness (QED) is 0.714. The van der Waals surface area contributed by atoms with E-state index < -0.39 is 36.2 Å². The van der Waals surface area contributed by atoms with Gasteiger partial charge in [0.1, 0.15) is 18.2 Å². The maximum Gasteiger partial charge on any atom is 0.408 e. The number of Topliss-reactive ketones (excluding diaryl/α,β-unsaturated/α-hetero) is 1. The number of hydrogen-bond acceptors (Lipinski definition) is 7. The molecule has 4 atom stereocenters. The van der Waals surface area contributed by atoms with E-state index in [0.29, 0.717) is 18.7 Å². The number of alkyl carbamates (subject to hydrolysis) is 1. The number of cyclic esters (lactones) is 1. The molecule has 9 nitrogen and oxygen atoms in total. The summed E-state index contributed by atoms with van der Waals surface area (Å²) in [6.07, 6.45) is 0.287. The van der Waals surface area contributed by atoms with E-state index >= 15 is 0 Å². The largest absolute Gasteiger partial charge is 0.444 e. The van der Waals surface area contributed by atoms with E-state index in [9.17, 15) is 19.2 Å². The van der Waals surface area contributed by atoms with Gasteiger partial charge in [-0.25, -0.2) is 9.78 Å². The lowest BCUT2D eigenvalue weighted by Crippen LogP contribution is -2.56. The first-order valence-corrected chi connectivity index (χ1v) is 9.76. The highest BCUT2D eigenvalue weighted by atomic mass is 32.1. The number of carbonyl (C=O) groups is 4. The van der Waals surface area contributed by atoms with Crippen LogP contribution in [0.3, 0.4) is 0 Å². The molecule has 3 heterocycles. The summed E-state index contributed by atoms with van der Waals surface area (Å²) in [6, 6.07) is -2.20. The van der Waals surface area contributed by atoms with Crippen LogP contribution >= 0.6 is 11.3 Å². The fourth-order valence-corrected chi connectivity index (χ4v) is 4.03. The molecule has 0 radical (unpaired) electrons. The van der Waals surface area contributed by atoms with Crippen molar-refractivity contribution in [2.75, 3.05) is 6.54 Å². The third-order valence-corrected chi connectivity index (χ3v) is 5.47. The Morgan fingerprint density at radius 2 is 2.26 bits per heavy atom. The molecule has 0 aliphatic carbocycles. The Bertz CT molecular complexity index is 738. The maximum atomic E-state index is 13.1. The molecule has 2 saturated heterocycles. The van der Waals surface area contributed by atoms with Crippen molar-refractivity contribution >= 4 is 35.0 Å². The minimum Gasteiger partial charge on any atom is -0.444 e. The number of nitrogens with one attached hydrogen (secondary N) is 2. The topological polar surface area (TPSA) is 118 Å². The van der Waals surface area contributed by atoms with E-state index in [4.69, 9.17) is 4.74 Å². The number of hydrogen-bond donors (Lipinski definition) is 2. The van der Waals surface area contributed by atoms with Gasteiger partial charge in [0.2, 0.25) is 11.8 Å². The molecule has 27 heavy (non-hydrogen) atoms. The first-order valence-electron chi connectivity index (χ1n) is 8.82. The van der Waals surface area contributed by atoms with Crippen molar-refractivity contribution in [2.24, 2.45) is 0 Å². The van der Waals surface area contributed by atoms with Crippen molar-refractivity contribution in [3.8, 4) is 0 Å². The number of carbonyl (C=O) groups excluding carboxylic acids is 4. The molecule has 146 valence electrons. The van der Waals surface area contributed by atoms with Gasteiger partial charge >= 0.3 is 6.09 Å². The molecule has 2 N–H and O–H groups in total. The molecule has 2 fully saturated rings. The zero-order valence-corrected chi connectivity index (χ0v) is 16.0. The van der Waals surface area contributed by atoms with E-state index in [2.05, 4.69) is 15.6 Å². The first kappa shape index (κ1) is 19.3. The number of nitrogens with zero attached hydrogens (tertiary/aromatic N) is 2. The Morgan fingerprint density at radius 3 is 2.85 bits per heavy atom. The highest BCUT2D eigenvalue weighted by Crippen LogP contribution is 2.20. The zero-order valence-electron chi connectivity index (χ0n) is 15.1. The predicted molar refractivity (Wildman–Crippen MR) is 96.0 cm³/mol. The zero-order chi connectivity index (χ0) is 19.6. The minimum atomic E-state index is -0.871. The van der Waals surface area contributed by atoms with Crippen LogP contribution in [0.1, 0.15) is 32.4 Å². The van der Waals surface area contributed by atoms with Gasteiger partial charge in [-0.2, -0.15) is 0 Å². The van der Waals surface area contributed by atoms with Crippen LogP contribution in [0.5, 0.6) is 0 Å². The monoisotopic (exact) mass is 394 g/mol. The molecule has 2 aliphatic heterocycles. The van der Waals surface area contributed by atoms with E-state index in [1.165, 1.54) is 23.2 Å². The van der Waals surface area contributed by atoms with Gasteiger partial charge in [0.15, 0.2) is 5.78 Å². The van der Waals surface area contributed by atoms with E-state index in [1.54, 1.807) is 12.4 Å². The SMILES string of the molecule is CC(=O)C1CCCN1C(=O)C(Cc1cscn1)NC(=O)C1NC(=O)OC1C. The van der Waals surface area contributed by atoms with E-state index in [0.717, 1.165) is 6.42 Å². The number of ether oxygens (including phenoxy) is 1. The third-order valence-electron chi connectivity index (χ3n) is 4.83. The van der Waals surface area contributed by atoms with Crippen molar-refractivity contribution in [2.45, 2.75) is 57.3 Å². The van der Waals surface area contributed by atoms with Crippen molar-refractivity contribution in [3.63, 3.8) is 0 Å². The highest BCUT2D eigenvalue weighted by Gasteiger charge is 2.40. The fourth-order valence-electron chi connectivity index (χ4n) is 3.46. The van der Waals surface area contributed by atoms with Crippen LogP contribution in [0, 0.1) is 0 Å². The second kappa shape index (κ2) is 8.03. The van der Waals surface area contributed by atoms with Gasteiger partial charge in [0, 0.05) is 18.3 Å². The van der Waals surface area contributed by atoms with Crippen LogP contribution in [0.2, 0.25) is 0 Å². The molecule has 0 aromatic carbocycles. The summed E-state index contributed by atoms with van der Waals surface area (Å²) in [6.45, 7) is 3.55. The highest BCUT2D eigenvalue weighted by molar-refractivity contribution is 7.07. The summed E-state index contributed by atoms with van der Waals surface area (Å²) in [4.78, 5) is 54.6. The summed E-state index contributed by atoms with van der Waals surface area (Å²) in [5, 5.41) is 6.96. The predicted octanol–water partition coefficient (Wildman–Crippen LogP) is 0.247. The average Bonchev–Trinajstić information content (AvgIpc) is 3.34. The Labute approximate surface area is 160 Å². The normalized spacial score (nSPS) is 25.6. The summed E-state index contributed by atoms with van der Waals surface area (Å²) in [5.74, 6) is -0.878. The van der Waals surface area contributed by atoms with Gasteiger partial charge in [-0.05, 0) is 26.7 Å². The van der Waals surface area contributed by atoms with Crippen LogP contribution in [-0.2, 0) is 25.5 Å². The smallest absolute Gasteiger partial charge is 0.408 e. The van der Waals surface area contributed by atoms with Gasteiger partial charge < -0.3 is 20.3 Å². The Hall–Kier alpha value is -2.49. The lowest BCUT2D eigenvalue weighted by atomic mass is 10.1. The molecular formula is C17H22N4O5S.